The molecule has 2 amide bonds. The lowest BCUT2D eigenvalue weighted by Gasteiger charge is -2.07. The molecule has 0 saturated carbocycles. The highest BCUT2D eigenvalue weighted by atomic mass is 35.5. The molecule has 0 aliphatic rings. The Balaban J connectivity index is 1.84. The van der Waals surface area contributed by atoms with E-state index in [2.05, 4.69) is 15.6 Å². The third-order valence-corrected chi connectivity index (χ3v) is 2.51. The van der Waals surface area contributed by atoms with E-state index in [1.165, 1.54) is 0 Å². The number of rotatable bonds is 3. The van der Waals surface area contributed by atoms with E-state index in [0.717, 1.165) is 5.69 Å². The van der Waals surface area contributed by atoms with Gasteiger partial charge in [0.05, 0.1) is 12.2 Å². The van der Waals surface area contributed by atoms with Crippen molar-refractivity contribution in [1.82, 2.24) is 10.3 Å². The summed E-state index contributed by atoms with van der Waals surface area (Å²) >= 11 is 5.75. The Morgan fingerprint density at radius 2 is 1.94 bits per heavy atom. The van der Waals surface area contributed by atoms with Gasteiger partial charge in [-0.1, -0.05) is 17.7 Å². The quantitative estimate of drug-likeness (QED) is 0.892. The van der Waals surface area contributed by atoms with Crippen LogP contribution in [0.2, 0.25) is 5.02 Å². The number of pyridine rings is 1. The third-order valence-electron chi connectivity index (χ3n) is 2.26. The highest BCUT2D eigenvalue weighted by molar-refractivity contribution is 6.30. The minimum Gasteiger partial charge on any atom is -0.332 e. The number of urea groups is 1. The van der Waals surface area contributed by atoms with Gasteiger partial charge >= 0.3 is 6.03 Å². The predicted molar refractivity (Wildman–Crippen MR) is 71.5 cm³/mol. The molecule has 1 aromatic heterocycles. The molecule has 2 N–H and O–H groups in total. The minimum absolute atomic E-state index is 0.275. The Bertz CT molecular complexity index is 514. The fourth-order valence-corrected chi connectivity index (χ4v) is 1.51. The summed E-state index contributed by atoms with van der Waals surface area (Å²) in [5.74, 6) is 0. The second kappa shape index (κ2) is 6.02. The number of benzene rings is 1. The zero-order valence-corrected chi connectivity index (χ0v) is 10.3. The number of amides is 2. The van der Waals surface area contributed by atoms with Gasteiger partial charge in [-0.2, -0.15) is 0 Å². The number of nitrogens with zero attached hydrogens (tertiary/aromatic N) is 1. The molecule has 0 fully saturated rings. The van der Waals surface area contributed by atoms with Gasteiger partial charge in [-0.15, -0.1) is 0 Å². The smallest absolute Gasteiger partial charge is 0.319 e. The number of nitrogens with one attached hydrogen (secondary N) is 2. The Hall–Kier alpha value is -2.07. The summed E-state index contributed by atoms with van der Waals surface area (Å²) in [7, 11) is 0. The number of hydrogen-bond donors (Lipinski definition) is 2. The van der Waals surface area contributed by atoms with Gasteiger partial charge in [0.15, 0.2) is 0 Å². The second-order valence-corrected chi connectivity index (χ2v) is 4.07. The molecule has 1 heterocycles. The summed E-state index contributed by atoms with van der Waals surface area (Å²) in [5, 5.41) is 6.05. The van der Waals surface area contributed by atoms with E-state index in [1.54, 1.807) is 30.5 Å². The van der Waals surface area contributed by atoms with Gasteiger partial charge in [0.1, 0.15) is 0 Å². The van der Waals surface area contributed by atoms with Crippen molar-refractivity contribution in [3.8, 4) is 0 Å². The van der Waals surface area contributed by atoms with Crippen molar-refractivity contribution >= 4 is 23.3 Å². The Kier molecular flexibility index (Phi) is 4.15. The molecule has 0 spiro atoms. The van der Waals surface area contributed by atoms with Gasteiger partial charge in [0.25, 0.3) is 0 Å². The van der Waals surface area contributed by atoms with Crippen LogP contribution in [0.5, 0.6) is 0 Å². The number of aromatic nitrogens is 1. The van der Waals surface area contributed by atoms with Crippen molar-refractivity contribution in [3.63, 3.8) is 0 Å². The monoisotopic (exact) mass is 261 g/mol. The number of anilines is 1. The van der Waals surface area contributed by atoms with Crippen molar-refractivity contribution in [2.24, 2.45) is 0 Å². The average Bonchev–Trinajstić information content (AvgIpc) is 2.40. The number of carbonyl (C=O) groups excluding carboxylic acids is 1. The Labute approximate surface area is 110 Å². The molecule has 0 atom stereocenters. The first-order valence-electron chi connectivity index (χ1n) is 5.44. The van der Waals surface area contributed by atoms with Crippen LogP contribution in [0.3, 0.4) is 0 Å². The first kappa shape index (κ1) is 12.4. The van der Waals surface area contributed by atoms with E-state index in [4.69, 9.17) is 11.6 Å². The minimum atomic E-state index is -0.275. The van der Waals surface area contributed by atoms with Gasteiger partial charge < -0.3 is 10.6 Å². The van der Waals surface area contributed by atoms with Gasteiger partial charge in [-0.3, -0.25) is 4.98 Å². The van der Waals surface area contributed by atoms with Crippen molar-refractivity contribution in [3.05, 3.63) is 59.4 Å². The molecule has 5 heteroatoms. The van der Waals surface area contributed by atoms with Gasteiger partial charge in [0, 0.05) is 16.9 Å². The standard InChI is InChI=1S/C13H12ClN3O/c14-10-4-6-11(7-5-10)17-13(18)16-9-12-3-1-2-8-15-12/h1-8H,9H2,(H2,16,17,18). The zero-order chi connectivity index (χ0) is 12.8. The van der Waals surface area contributed by atoms with Crippen LogP contribution in [0.1, 0.15) is 5.69 Å². The SMILES string of the molecule is O=C(NCc1ccccn1)Nc1ccc(Cl)cc1. The largest absolute Gasteiger partial charge is 0.332 e. The van der Waals surface area contributed by atoms with E-state index >= 15 is 0 Å². The van der Waals surface area contributed by atoms with E-state index in [-0.39, 0.29) is 6.03 Å². The average molecular weight is 262 g/mol. The van der Waals surface area contributed by atoms with Crippen LogP contribution in [0.4, 0.5) is 10.5 Å². The predicted octanol–water partition coefficient (Wildman–Crippen LogP) is 3.06. The molecule has 1 aromatic carbocycles. The topological polar surface area (TPSA) is 54.0 Å². The van der Waals surface area contributed by atoms with Crippen LogP contribution < -0.4 is 10.6 Å². The van der Waals surface area contributed by atoms with E-state index in [1.807, 2.05) is 18.2 Å². The summed E-state index contributed by atoms with van der Waals surface area (Å²) in [6.45, 7) is 0.389. The van der Waals surface area contributed by atoms with Gasteiger partial charge in [0.2, 0.25) is 0 Å². The summed E-state index contributed by atoms with van der Waals surface area (Å²) in [4.78, 5) is 15.7. The van der Waals surface area contributed by atoms with Gasteiger partial charge in [-0.05, 0) is 36.4 Å². The summed E-state index contributed by atoms with van der Waals surface area (Å²) in [5.41, 5.74) is 1.50. The molecular formula is C13H12ClN3O. The van der Waals surface area contributed by atoms with Crippen LogP contribution in [-0.4, -0.2) is 11.0 Å². The van der Waals surface area contributed by atoms with Crippen LogP contribution in [-0.2, 0) is 6.54 Å². The molecule has 0 unspecified atom stereocenters. The molecule has 2 aromatic rings. The van der Waals surface area contributed by atoms with E-state index < -0.39 is 0 Å². The molecule has 4 nitrogen and oxygen atoms in total. The Morgan fingerprint density at radius 3 is 2.61 bits per heavy atom. The van der Waals surface area contributed by atoms with Crippen molar-refractivity contribution in [2.45, 2.75) is 6.54 Å². The second-order valence-electron chi connectivity index (χ2n) is 3.64. The van der Waals surface area contributed by atoms with Crippen LogP contribution >= 0.6 is 11.6 Å². The Morgan fingerprint density at radius 1 is 1.17 bits per heavy atom. The summed E-state index contributed by atoms with van der Waals surface area (Å²) in [6.07, 6.45) is 1.69. The first-order valence-corrected chi connectivity index (χ1v) is 5.82. The van der Waals surface area contributed by atoms with Crippen LogP contribution in [0, 0.1) is 0 Å². The van der Waals surface area contributed by atoms with Crippen LogP contribution in [0.15, 0.2) is 48.7 Å². The molecule has 0 saturated heterocycles. The third kappa shape index (κ3) is 3.75. The molecule has 0 aliphatic carbocycles. The highest BCUT2D eigenvalue weighted by Crippen LogP contribution is 2.13. The zero-order valence-electron chi connectivity index (χ0n) is 9.56. The number of carbonyl (C=O) groups is 1. The molecule has 92 valence electrons. The fourth-order valence-electron chi connectivity index (χ4n) is 1.38. The maximum atomic E-state index is 11.6. The lowest BCUT2D eigenvalue weighted by Crippen LogP contribution is -2.28. The van der Waals surface area contributed by atoms with Crippen LogP contribution in [0.25, 0.3) is 0 Å². The normalized spacial score (nSPS) is 9.83. The lowest BCUT2D eigenvalue weighted by atomic mass is 10.3. The van der Waals surface area contributed by atoms with Crippen molar-refractivity contribution in [2.75, 3.05) is 5.32 Å². The molecule has 0 aliphatic heterocycles. The van der Waals surface area contributed by atoms with Crippen molar-refractivity contribution in [1.29, 1.82) is 0 Å². The first-order chi connectivity index (χ1) is 8.74. The number of halogens is 1. The summed E-state index contributed by atoms with van der Waals surface area (Å²) < 4.78 is 0. The molecule has 0 radical (unpaired) electrons. The van der Waals surface area contributed by atoms with E-state index in [0.29, 0.717) is 17.3 Å². The number of hydrogen-bond acceptors (Lipinski definition) is 2. The molecular weight excluding hydrogens is 250 g/mol. The molecule has 18 heavy (non-hydrogen) atoms. The van der Waals surface area contributed by atoms with Gasteiger partial charge in [-0.25, -0.2) is 4.79 Å². The maximum absolute atomic E-state index is 11.6. The van der Waals surface area contributed by atoms with Crippen molar-refractivity contribution < 1.29 is 4.79 Å². The van der Waals surface area contributed by atoms with E-state index in [9.17, 15) is 4.79 Å². The molecule has 2 rings (SSSR count). The molecule has 0 bridgehead atoms. The fraction of sp³-hybridized carbons (Fsp3) is 0.0769. The lowest BCUT2D eigenvalue weighted by molar-refractivity contribution is 0.251. The highest BCUT2D eigenvalue weighted by Gasteiger charge is 2.01. The maximum Gasteiger partial charge on any atom is 0.319 e. The summed E-state index contributed by atoms with van der Waals surface area (Å²) in [6, 6.07) is 12.2.